The summed E-state index contributed by atoms with van der Waals surface area (Å²) in [4.78, 5) is 10.2. The minimum Gasteiger partial charge on any atom is -0.288 e. The summed E-state index contributed by atoms with van der Waals surface area (Å²) in [6, 6.07) is 0. The van der Waals surface area contributed by atoms with E-state index in [-0.39, 0.29) is 17.3 Å². The first-order valence-corrected chi connectivity index (χ1v) is 3.85. The molecular weight excluding hydrogens is 177 g/mol. The van der Waals surface area contributed by atoms with E-state index in [1.807, 2.05) is 0 Å². The topological polar surface area (TPSA) is 17.1 Å². The molecule has 0 aromatic carbocycles. The fraction of sp³-hybridized carbons (Fsp3) is 0.500. The molecule has 0 saturated carbocycles. The number of carbonyl (C=O) groups excluding carboxylic acids is 1. The van der Waals surface area contributed by atoms with E-state index in [1.54, 1.807) is 0 Å². The van der Waals surface area contributed by atoms with E-state index in [4.69, 9.17) is 0 Å². The van der Waals surface area contributed by atoms with Gasteiger partial charge in [-0.25, -0.2) is 4.39 Å². The summed E-state index contributed by atoms with van der Waals surface area (Å²) < 4.78 is 34.7. The maximum absolute atomic E-state index is 12.0. The van der Waals surface area contributed by atoms with Crippen LogP contribution < -0.4 is 0 Å². The fourth-order valence-corrected chi connectivity index (χ4v) is 0.948. The highest BCUT2D eigenvalue weighted by atomic mass is 32.2. The Morgan fingerprint density at radius 1 is 1.36 bits per heavy atom. The normalized spacial score (nSPS) is 9.45. The van der Waals surface area contributed by atoms with Gasteiger partial charge >= 0.3 is 6.08 Å². The van der Waals surface area contributed by atoms with Crippen molar-refractivity contribution in [1.82, 2.24) is 0 Å². The van der Waals surface area contributed by atoms with Crippen molar-refractivity contribution in [3.8, 4) is 0 Å². The molecule has 0 heterocycles. The zero-order valence-electron chi connectivity index (χ0n) is 5.86. The van der Waals surface area contributed by atoms with Crippen molar-refractivity contribution in [3.63, 3.8) is 0 Å². The van der Waals surface area contributed by atoms with Crippen LogP contribution >= 0.6 is 11.8 Å². The number of halogens is 3. The van der Waals surface area contributed by atoms with Crippen LogP contribution in [0.25, 0.3) is 0 Å². The van der Waals surface area contributed by atoms with E-state index in [9.17, 15) is 18.0 Å². The van der Waals surface area contributed by atoms with Crippen molar-refractivity contribution >= 4 is 16.9 Å². The minimum absolute atomic E-state index is 0.0680. The lowest BCUT2D eigenvalue weighted by Crippen LogP contribution is -1.87. The molecule has 0 aliphatic rings. The Kier molecular flexibility index (Phi) is 5.02. The second kappa shape index (κ2) is 5.23. The van der Waals surface area contributed by atoms with Crippen molar-refractivity contribution in [2.24, 2.45) is 0 Å². The molecular formula is C6H7F3OS. The molecule has 0 amide bonds. The minimum atomic E-state index is -2.30. The zero-order chi connectivity index (χ0) is 8.85. The molecule has 0 aromatic heterocycles. The molecule has 0 fully saturated rings. The van der Waals surface area contributed by atoms with Gasteiger partial charge in [-0.2, -0.15) is 8.78 Å². The van der Waals surface area contributed by atoms with E-state index in [0.29, 0.717) is 0 Å². The van der Waals surface area contributed by atoms with Crippen molar-refractivity contribution in [2.75, 3.05) is 5.75 Å². The van der Waals surface area contributed by atoms with Gasteiger partial charge in [0.1, 0.15) is 0 Å². The van der Waals surface area contributed by atoms with Gasteiger partial charge in [-0.1, -0.05) is 11.8 Å². The van der Waals surface area contributed by atoms with Gasteiger partial charge in [0.15, 0.2) is 10.9 Å². The van der Waals surface area contributed by atoms with Crippen LogP contribution in [-0.2, 0) is 4.79 Å². The maximum Gasteiger partial charge on any atom is 0.301 e. The van der Waals surface area contributed by atoms with Crippen molar-refractivity contribution in [3.05, 3.63) is 11.9 Å². The van der Waals surface area contributed by atoms with Gasteiger partial charge in [-0.15, -0.1) is 0 Å². The second-order valence-electron chi connectivity index (χ2n) is 1.76. The zero-order valence-corrected chi connectivity index (χ0v) is 6.68. The number of allylic oxidation sites excluding steroid dienone is 1. The molecule has 0 saturated heterocycles. The first-order valence-electron chi connectivity index (χ1n) is 2.87. The molecule has 0 atom stereocenters. The third kappa shape index (κ3) is 5.97. The highest BCUT2D eigenvalue weighted by Gasteiger charge is 2.04. The third-order valence-corrected chi connectivity index (χ3v) is 1.65. The van der Waals surface area contributed by atoms with Crippen LogP contribution in [0.2, 0.25) is 0 Å². The predicted octanol–water partition coefficient (Wildman–Crippen LogP) is 2.73. The van der Waals surface area contributed by atoms with Gasteiger partial charge in [-0.05, 0) is 0 Å². The van der Waals surface area contributed by atoms with Crippen LogP contribution in [0.3, 0.4) is 0 Å². The van der Waals surface area contributed by atoms with Crippen molar-refractivity contribution in [2.45, 2.75) is 13.3 Å². The quantitative estimate of drug-likeness (QED) is 0.670. The van der Waals surface area contributed by atoms with Gasteiger partial charge in [0, 0.05) is 19.1 Å². The highest BCUT2D eigenvalue weighted by Crippen LogP contribution is 2.16. The van der Waals surface area contributed by atoms with E-state index in [1.165, 1.54) is 6.92 Å². The van der Waals surface area contributed by atoms with Crippen LogP contribution in [0.5, 0.6) is 0 Å². The summed E-state index contributed by atoms with van der Waals surface area (Å²) in [7, 11) is 0. The molecule has 0 aliphatic heterocycles. The van der Waals surface area contributed by atoms with E-state index < -0.39 is 11.9 Å². The predicted molar refractivity (Wildman–Crippen MR) is 38.1 cm³/mol. The Morgan fingerprint density at radius 3 is 2.27 bits per heavy atom. The molecule has 0 radical (unpaired) electrons. The molecule has 5 heteroatoms. The third-order valence-electron chi connectivity index (χ3n) is 0.832. The Hall–Kier alpha value is -0.450. The van der Waals surface area contributed by atoms with Gasteiger partial charge in [-0.3, -0.25) is 4.79 Å². The van der Waals surface area contributed by atoms with Crippen LogP contribution in [0.4, 0.5) is 13.2 Å². The number of rotatable bonds is 3. The van der Waals surface area contributed by atoms with E-state index in [2.05, 4.69) is 0 Å². The molecule has 0 aliphatic carbocycles. The Bertz CT molecular complexity index is 175. The average molecular weight is 184 g/mol. The Labute approximate surface area is 66.7 Å². The van der Waals surface area contributed by atoms with Gasteiger partial charge in [0.25, 0.3) is 0 Å². The molecule has 11 heavy (non-hydrogen) atoms. The summed E-state index contributed by atoms with van der Waals surface area (Å²) >= 11 is 0.831. The van der Waals surface area contributed by atoms with Crippen LogP contribution in [-0.4, -0.2) is 10.9 Å². The van der Waals surface area contributed by atoms with Crippen molar-refractivity contribution < 1.29 is 18.0 Å². The van der Waals surface area contributed by atoms with E-state index in [0.717, 1.165) is 11.8 Å². The number of carbonyl (C=O) groups is 1. The maximum atomic E-state index is 12.0. The first kappa shape index (κ1) is 10.6. The molecule has 0 rings (SSSR count). The Morgan fingerprint density at radius 2 is 1.91 bits per heavy atom. The highest BCUT2D eigenvalue weighted by molar-refractivity contribution is 8.13. The monoisotopic (exact) mass is 184 g/mol. The fourth-order valence-electron chi connectivity index (χ4n) is 0.379. The largest absolute Gasteiger partial charge is 0.301 e. The van der Waals surface area contributed by atoms with Crippen LogP contribution in [0.15, 0.2) is 11.9 Å². The molecule has 0 spiro atoms. The molecule has 1 nitrogen and oxygen atoms in total. The first-order chi connectivity index (χ1) is 5.04. The number of thioether (sulfide) groups is 1. The lowest BCUT2D eigenvalue weighted by Gasteiger charge is -1.93. The van der Waals surface area contributed by atoms with Gasteiger partial charge in [0.05, 0.1) is 0 Å². The summed E-state index contributed by atoms with van der Waals surface area (Å²) in [6.07, 6.45) is -2.68. The second-order valence-corrected chi connectivity index (χ2v) is 3.03. The summed E-state index contributed by atoms with van der Waals surface area (Å²) in [5, 5.41) is -0.197. The SMILES string of the molecule is CC(=O)SCCC(F)=C(F)F. The number of hydrogen-bond donors (Lipinski definition) is 0. The summed E-state index contributed by atoms with van der Waals surface area (Å²) in [5.41, 5.74) is 0. The van der Waals surface area contributed by atoms with E-state index >= 15 is 0 Å². The van der Waals surface area contributed by atoms with Crippen molar-refractivity contribution in [1.29, 1.82) is 0 Å². The molecule has 0 unspecified atom stereocenters. The van der Waals surface area contributed by atoms with Crippen LogP contribution in [0, 0.1) is 0 Å². The summed E-state index contributed by atoms with van der Waals surface area (Å²) in [5.74, 6) is -1.36. The smallest absolute Gasteiger partial charge is 0.288 e. The standard InChI is InChI=1S/C6H7F3OS/c1-4(10)11-3-2-5(7)6(8)9/h2-3H2,1H3. The molecule has 64 valence electrons. The number of hydrogen-bond acceptors (Lipinski definition) is 2. The van der Waals surface area contributed by atoms with Gasteiger partial charge in [0.2, 0.25) is 0 Å². The van der Waals surface area contributed by atoms with Crippen LogP contribution in [0.1, 0.15) is 13.3 Å². The lowest BCUT2D eigenvalue weighted by molar-refractivity contribution is -0.109. The lowest BCUT2D eigenvalue weighted by atomic mass is 10.4. The molecule has 0 bridgehead atoms. The summed E-state index contributed by atoms with van der Waals surface area (Å²) in [6.45, 7) is 1.30. The molecule has 0 aromatic rings. The Balaban J connectivity index is 3.56. The molecule has 0 N–H and O–H groups in total. The van der Waals surface area contributed by atoms with Gasteiger partial charge < -0.3 is 0 Å². The average Bonchev–Trinajstić information content (AvgIpc) is 1.86.